The van der Waals surface area contributed by atoms with Gasteiger partial charge in [-0.25, -0.2) is 13.2 Å². The number of esters is 1. The van der Waals surface area contributed by atoms with Crippen LogP contribution in [-0.4, -0.2) is 57.5 Å². The minimum absolute atomic E-state index is 0.0789. The molecule has 1 aliphatic heterocycles. The smallest absolute Gasteiger partial charge is 0.338 e. The zero-order valence-corrected chi connectivity index (χ0v) is 17.5. The molecule has 2 aromatic carbocycles. The van der Waals surface area contributed by atoms with E-state index in [1.165, 1.54) is 16.4 Å². The molecule has 30 heavy (non-hydrogen) atoms. The van der Waals surface area contributed by atoms with Gasteiger partial charge in [0, 0.05) is 18.8 Å². The molecule has 9 heteroatoms. The largest absolute Gasteiger partial charge is 0.452 e. The van der Waals surface area contributed by atoms with Crippen LogP contribution in [0.15, 0.2) is 53.4 Å². The normalized spacial score (nSPS) is 14.8. The zero-order chi connectivity index (χ0) is 21.6. The van der Waals surface area contributed by atoms with Gasteiger partial charge in [0.25, 0.3) is 5.91 Å². The van der Waals surface area contributed by atoms with Gasteiger partial charge in [-0.15, -0.1) is 0 Å². The number of carbonyl (C=O) groups is 2. The highest BCUT2D eigenvalue weighted by Crippen LogP contribution is 2.20. The first-order chi connectivity index (χ1) is 14.4. The first-order valence-corrected chi connectivity index (χ1v) is 11.1. The van der Waals surface area contributed by atoms with Gasteiger partial charge >= 0.3 is 5.97 Å². The van der Waals surface area contributed by atoms with Gasteiger partial charge in [-0.1, -0.05) is 25.1 Å². The average molecular weight is 432 g/mol. The van der Waals surface area contributed by atoms with Gasteiger partial charge in [0.15, 0.2) is 6.61 Å². The van der Waals surface area contributed by atoms with Gasteiger partial charge in [-0.3, -0.25) is 4.79 Å². The second-order valence-corrected chi connectivity index (χ2v) is 8.66. The molecule has 8 nitrogen and oxygen atoms in total. The Balaban J connectivity index is 1.58. The lowest BCUT2D eigenvalue weighted by molar-refractivity contribution is -0.119. The maximum Gasteiger partial charge on any atom is 0.338 e. The van der Waals surface area contributed by atoms with E-state index in [1.807, 2.05) is 19.1 Å². The Bertz CT molecular complexity index is 998. The van der Waals surface area contributed by atoms with Crippen LogP contribution in [0.25, 0.3) is 0 Å². The zero-order valence-electron chi connectivity index (χ0n) is 16.7. The molecular weight excluding hydrogens is 408 g/mol. The van der Waals surface area contributed by atoms with Crippen molar-refractivity contribution in [1.82, 2.24) is 4.31 Å². The van der Waals surface area contributed by atoms with Crippen molar-refractivity contribution in [2.45, 2.75) is 18.2 Å². The lowest BCUT2D eigenvalue weighted by atomic mass is 10.1. The van der Waals surface area contributed by atoms with E-state index in [9.17, 15) is 18.0 Å². The van der Waals surface area contributed by atoms with Crippen molar-refractivity contribution in [2.75, 3.05) is 38.2 Å². The highest BCUT2D eigenvalue weighted by atomic mass is 32.2. The van der Waals surface area contributed by atoms with Gasteiger partial charge in [-0.2, -0.15) is 4.31 Å². The van der Waals surface area contributed by atoms with Crippen LogP contribution in [0.4, 0.5) is 5.69 Å². The van der Waals surface area contributed by atoms with Crippen LogP contribution in [0.1, 0.15) is 22.8 Å². The van der Waals surface area contributed by atoms with Gasteiger partial charge in [0.2, 0.25) is 10.0 Å². The molecule has 0 unspecified atom stereocenters. The Kier molecular flexibility index (Phi) is 7.20. The topological polar surface area (TPSA) is 102 Å². The molecule has 2 aromatic rings. The van der Waals surface area contributed by atoms with Gasteiger partial charge in [0.05, 0.1) is 23.7 Å². The fourth-order valence-electron chi connectivity index (χ4n) is 2.96. The van der Waals surface area contributed by atoms with E-state index in [-0.39, 0.29) is 18.0 Å². The van der Waals surface area contributed by atoms with E-state index in [1.54, 1.807) is 24.3 Å². The molecule has 0 aliphatic carbocycles. The third-order valence-electron chi connectivity index (χ3n) is 4.66. The summed E-state index contributed by atoms with van der Waals surface area (Å²) in [5.41, 5.74) is 1.76. The summed E-state index contributed by atoms with van der Waals surface area (Å²) < 4.78 is 37.0. The van der Waals surface area contributed by atoms with Crippen LogP contribution in [0.5, 0.6) is 0 Å². The third-order valence-corrected chi connectivity index (χ3v) is 6.55. The van der Waals surface area contributed by atoms with Gasteiger partial charge in [-0.05, 0) is 42.3 Å². The number of rotatable bonds is 7. The molecule has 0 bridgehead atoms. The van der Waals surface area contributed by atoms with Crippen molar-refractivity contribution in [1.29, 1.82) is 0 Å². The summed E-state index contributed by atoms with van der Waals surface area (Å²) in [7, 11) is -3.67. The molecule has 1 fully saturated rings. The third kappa shape index (κ3) is 5.44. The number of anilines is 1. The summed E-state index contributed by atoms with van der Waals surface area (Å²) in [4.78, 5) is 24.3. The van der Waals surface area contributed by atoms with Crippen molar-refractivity contribution in [3.8, 4) is 0 Å². The Morgan fingerprint density at radius 3 is 2.47 bits per heavy atom. The van der Waals surface area contributed by atoms with Crippen molar-refractivity contribution in [3.05, 3.63) is 59.7 Å². The summed E-state index contributed by atoms with van der Waals surface area (Å²) in [5, 5.41) is 2.56. The molecule has 3 rings (SSSR count). The molecule has 0 saturated carbocycles. The van der Waals surface area contributed by atoms with Crippen LogP contribution in [0, 0.1) is 0 Å². The average Bonchev–Trinajstić information content (AvgIpc) is 2.78. The van der Waals surface area contributed by atoms with Gasteiger partial charge in [0.1, 0.15) is 0 Å². The number of benzene rings is 2. The van der Waals surface area contributed by atoms with E-state index in [2.05, 4.69) is 5.32 Å². The molecule has 0 atom stereocenters. The number of sulfonamides is 1. The SMILES string of the molecule is CCc1ccc(C(=O)OCC(=O)Nc2cccc(S(=O)(=O)N3CCOCC3)c2)cc1. The number of morpholine rings is 1. The predicted octanol–water partition coefficient (Wildman–Crippen LogP) is 2.07. The monoisotopic (exact) mass is 432 g/mol. The summed E-state index contributed by atoms with van der Waals surface area (Å²) in [6.07, 6.45) is 0.859. The Hall–Kier alpha value is -2.75. The maximum atomic E-state index is 12.7. The van der Waals surface area contributed by atoms with Crippen molar-refractivity contribution in [3.63, 3.8) is 0 Å². The predicted molar refractivity (Wildman–Crippen MR) is 111 cm³/mol. The van der Waals surface area contributed by atoms with Crippen LogP contribution < -0.4 is 5.32 Å². The van der Waals surface area contributed by atoms with E-state index in [0.717, 1.165) is 12.0 Å². The summed E-state index contributed by atoms with van der Waals surface area (Å²) in [5.74, 6) is -1.16. The number of aryl methyl sites for hydroxylation is 1. The minimum Gasteiger partial charge on any atom is -0.452 e. The summed E-state index contributed by atoms with van der Waals surface area (Å²) in [6, 6.07) is 12.9. The first-order valence-electron chi connectivity index (χ1n) is 9.64. The van der Waals surface area contributed by atoms with Crippen LogP contribution in [0.2, 0.25) is 0 Å². The molecule has 1 heterocycles. The number of amides is 1. The number of carbonyl (C=O) groups excluding carboxylic acids is 2. The highest BCUT2D eigenvalue weighted by Gasteiger charge is 2.26. The standard InChI is InChI=1S/C21H24N2O6S/c1-2-16-6-8-17(9-7-16)21(25)29-15-20(24)22-18-4-3-5-19(14-18)30(26,27)23-10-12-28-13-11-23/h3-9,14H,2,10-13,15H2,1H3,(H,22,24). The van der Waals surface area contributed by atoms with Gasteiger partial charge < -0.3 is 14.8 Å². The number of hydrogen-bond acceptors (Lipinski definition) is 6. The highest BCUT2D eigenvalue weighted by molar-refractivity contribution is 7.89. The van der Waals surface area contributed by atoms with Crippen LogP contribution in [-0.2, 0) is 30.7 Å². The lowest BCUT2D eigenvalue weighted by Gasteiger charge is -2.26. The van der Waals surface area contributed by atoms with E-state index in [4.69, 9.17) is 9.47 Å². The Morgan fingerprint density at radius 1 is 1.10 bits per heavy atom. The van der Waals surface area contributed by atoms with E-state index >= 15 is 0 Å². The molecule has 1 N–H and O–H groups in total. The van der Waals surface area contributed by atoms with Crippen molar-refractivity contribution in [2.24, 2.45) is 0 Å². The molecule has 160 valence electrons. The second kappa shape index (κ2) is 9.84. The van der Waals surface area contributed by atoms with Crippen LogP contribution in [0.3, 0.4) is 0 Å². The lowest BCUT2D eigenvalue weighted by Crippen LogP contribution is -2.40. The molecule has 1 saturated heterocycles. The van der Waals surface area contributed by atoms with Crippen molar-refractivity contribution >= 4 is 27.6 Å². The van der Waals surface area contributed by atoms with Crippen LogP contribution >= 0.6 is 0 Å². The number of hydrogen-bond donors (Lipinski definition) is 1. The van der Waals surface area contributed by atoms with Crippen molar-refractivity contribution < 1.29 is 27.5 Å². The molecule has 0 aromatic heterocycles. The minimum atomic E-state index is -3.67. The number of nitrogens with zero attached hydrogens (tertiary/aromatic N) is 1. The van der Waals surface area contributed by atoms with E-state index in [0.29, 0.717) is 24.5 Å². The summed E-state index contributed by atoms with van der Waals surface area (Å²) >= 11 is 0. The molecule has 1 aliphatic rings. The first kappa shape index (κ1) is 21.9. The Labute approximate surface area is 175 Å². The summed E-state index contributed by atoms with van der Waals surface area (Å²) in [6.45, 7) is 2.81. The quantitative estimate of drug-likeness (QED) is 0.672. The number of ether oxygens (including phenoxy) is 2. The fraction of sp³-hybridized carbons (Fsp3) is 0.333. The maximum absolute atomic E-state index is 12.7. The molecule has 1 amide bonds. The molecule has 0 spiro atoms. The molecular formula is C21H24N2O6S. The van der Waals surface area contributed by atoms with E-state index < -0.39 is 28.5 Å². The fourth-order valence-corrected chi connectivity index (χ4v) is 4.41. The Morgan fingerprint density at radius 2 is 1.80 bits per heavy atom. The molecule has 0 radical (unpaired) electrons. The number of nitrogens with one attached hydrogen (secondary N) is 1. The second-order valence-electron chi connectivity index (χ2n) is 6.72.